The van der Waals surface area contributed by atoms with E-state index < -0.39 is 10.0 Å². The van der Waals surface area contributed by atoms with Gasteiger partial charge in [0.1, 0.15) is 0 Å². The maximum atomic E-state index is 12.4. The van der Waals surface area contributed by atoms with E-state index in [9.17, 15) is 8.42 Å². The minimum absolute atomic E-state index is 0.247. The van der Waals surface area contributed by atoms with Crippen molar-refractivity contribution in [3.8, 4) is 0 Å². The Kier molecular flexibility index (Phi) is 3.16. The van der Waals surface area contributed by atoms with Crippen molar-refractivity contribution >= 4 is 10.0 Å². The average Bonchev–Trinajstić information content (AvgIpc) is 2.45. The Labute approximate surface area is 127 Å². The van der Waals surface area contributed by atoms with Crippen LogP contribution in [0, 0.1) is 23.2 Å². The van der Waals surface area contributed by atoms with E-state index >= 15 is 0 Å². The maximum Gasteiger partial charge on any atom is 0.240 e. The van der Waals surface area contributed by atoms with Gasteiger partial charge in [-0.25, -0.2) is 13.1 Å². The Morgan fingerprint density at radius 2 is 1.48 bits per heavy atom. The lowest BCUT2D eigenvalue weighted by Crippen LogP contribution is -2.51. The molecule has 0 aliphatic heterocycles. The first-order chi connectivity index (χ1) is 10.0. The van der Waals surface area contributed by atoms with Gasteiger partial charge >= 0.3 is 0 Å². The van der Waals surface area contributed by atoms with Crippen molar-refractivity contribution in [2.24, 2.45) is 23.2 Å². The molecule has 0 atom stereocenters. The summed E-state index contributed by atoms with van der Waals surface area (Å²) in [6.45, 7) is 0.633. The number of nitrogens with one attached hydrogen (secondary N) is 1. The third-order valence-corrected chi connectivity index (χ3v) is 7.27. The molecule has 4 aliphatic rings. The lowest BCUT2D eigenvalue weighted by Gasteiger charge is -2.56. The fourth-order valence-electron chi connectivity index (χ4n) is 5.44. The molecule has 4 fully saturated rings. The van der Waals surface area contributed by atoms with E-state index in [0.717, 1.165) is 17.8 Å². The van der Waals surface area contributed by atoms with Crippen LogP contribution in [-0.4, -0.2) is 15.0 Å². The van der Waals surface area contributed by atoms with E-state index in [-0.39, 0.29) is 5.41 Å². The highest BCUT2D eigenvalue weighted by molar-refractivity contribution is 7.89. The standard InChI is InChI=1S/C17H23NO2S/c19-21(20,16-4-2-1-3-5-16)18-12-17-9-13-6-14(10-17)8-15(7-13)11-17/h1-5,13-15,18H,6-12H2. The van der Waals surface area contributed by atoms with Crippen LogP contribution in [0.4, 0.5) is 0 Å². The minimum atomic E-state index is -3.35. The summed E-state index contributed by atoms with van der Waals surface area (Å²) in [6, 6.07) is 8.74. The summed E-state index contributed by atoms with van der Waals surface area (Å²) in [5.41, 5.74) is 0.247. The van der Waals surface area contributed by atoms with Gasteiger partial charge in [-0.2, -0.15) is 0 Å². The molecule has 114 valence electrons. The van der Waals surface area contributed by atoms with Gasteiger partial charge in [-0.05, 0) is 73.8 Å². The Bertz CT molecular complexity index is 588. The van der Waals surface area contributed by atoms with Gasteiger partial charge in [0.25, 0.3) is 0 Å². The van der Waals surface area contributed by atoms with Gasteiger partial charge in [0.05, 0.1) is 4.90 Å². The molecule has 4 heteroatoms. The van der Waals surface area contributed by atoms with Gasteiger partial charge in [0.15, 0.2) is 0 Å². The molecular formula is C17H23NO2S. The van der Waals surface area contributed by atoms with Crippen LogP contribution in [-0.2, 0) is 10.0 Å². The fourth-order valence-corrected chi connectivity index (χ4v) is 6.62. The van der Waals surface area contributed by atoms with Crippen molar-refractivity contribution in [1.82, 2.24) is 4.72 Å². The number of sulfonamides is 1. The van der Waals surface area contributed by atoms with Crippen molar-refractivity contribution in [2.75, 3.05) is 6.54 Å². The van der Waals surface area contributed by atoms with Gasteiger partial charge < -0.3 is 0 Å². The van der Waals surface area contributed by atoms with E-state index in [1.807, 2.05) is 6.07 Å². The molecule has 0 saturated heterocycles. The molecule has 0 aromatic heterocycles. The zero-order valence-electron chi connectivity index (χ0n) is 12.3. The first kappa shape index (κ1) is 13.8. The number of hydrogen-bond acceptors (Lipinski definition) is 2. The fraction of sp³-hybridized carbons (Fsp3) is 0.647. The summed E-state index contributed by atoms with van der Waals surface area (Å²) in [5.74, 6) is 2.58. The molecule has 4 aliphatic carbocycles. The summed E-state index contributed by atoms with van der Waals surface area (Å²) < 4.78 is 27.7. The van der Waals surface area contributed by atoms with Gasteiger partial charge in [-0.3, -0.25) is 0 Å². The van der Waals surface area contributed by atoms with Gasteiger partial charge in [-0.1, -0.05) is 18.2 Å². The van der Waals surface area contributed by atoms with Gasteiger partial charge in [-0.15, -0.1) is 0 Å². The second kappa shape index (κ2) is 4.82. The molecule has 0 spiro atoms. The van der Waals surface area contributed by atoms with E-state index in [0.29, 0.717) is 11.4 Å². The maximum absolute atomic E-state index is 12.4. The molecule has 1 aromatic carbocycles. The molecule has 4 saturated carbocycles. The molecule has 1 aromatic rings. The average molecular weight is 305 g/mol. The molecule has 0 unspecified atom stereocenters. The summed E-state index contributed by atoms with van der Waals surface area (Å²) in [4.78, 5) is 0.384. The summed E-state index contributed by atoms with van der Waals surface area (Å²) in [6.07, 6.45) is 7.88. The predicted molar refractivity (Wildman–Crippen MR) is 82.2 cm³/mol. The third-order valence-electron chi connectivity index (χ3n) is 5.86. The van der Waals surface area contributed by atoms with Crippen LogP contribution < -0.4 is 4.72 Å². The van der Waals surface area contributed by atoms with Crippen molar-refractivity contribution in [1.29, 1.82) is 0 Å². The first-order valence-electron chi connectivity index (χ1n) is 8.09. The monoisotopic (exact) mass is 305 g/mol. The van der Waals surface area contributed by atoms with Crippen LogP contribution in [0.25, 0.3) is 0 Å². The van der Waals surface area contributed by atoms with Crippen LogP contribution in [0.3, 0.4) is 0 Å². The number of benzene rings is 1. The van der Waals surface area contributed by atoms with Crippen molar-refractivity contribution in [2.45, 2.75) is 43.4 Å². The molecule has 0 heterocycles. The van der Waals surface area contributed by atoms with Crippen LogP contribution in [0.1, 0.15) is 38.5 Å². The van der Waals surface area contributed by atoms with Gasteiger partial charge in [0.2, 0.25) is 10.0 Å². The predicted octanol–water partition coefficient (Wildman–Crippen LogP) is 3.18. The number of rotatable bonds is 4. The SMILES string of the molecule is O=S(=O)(NCC12CC3CC(CC(C3)C1)C2)c1ccccc1. The molecule has 0 radical (unpaired) electrons. The Morgan fingerprint density at radius 1 is 0.952 bits per heavy atom. The lowest BCUT2D eigenvalue weighted by molar-refractivity contribution is -0.0487. The Balaban J connectivity index is 1.50. The van der Waals surface area contributed by atoms with Crippen molar-refractivity contribution < 1.29 is 8.42 Å². The normalized spacial score (nSPS) is 37.8. The second-order valence-corrected chi connectivity index (χ2v) is 9.32. The van der Waals surface area contributed by atoms with Crippen LogP contribution in [0.15, 0.2) is 35.2 Å². The quantitative estimate of drug-likeness (QED) is 0.928. The lowest BCUT2D eigenvalue weighted by atomic mass is 9.50. The van der Waals surface area contributed by atoms with Crippen LogP contribution in [0.2, 0.25) is 0 Å². The summed E-state index contributed by atoms with van der Waals surface area (Å²) in [7, 11) is -3.35. The van der Waals surface area contributed by atoms with Gasteiger partial charge in [0, 0.05) is 6.54 Å². The molecule has 1 N–H and O–H groups in total. The molecular weight excluding hydrogens is 282 g/mol. The highest BCUT2D eigenvalue weighted by atomic mass is 32.2. The van der Waals surface area contributed by atoms with E-state index in [1.165, 1.54) is 38.5 Å². The smallest absolute Gasteiger partial charge is 0.211 e. The topological polar surface area (TPSA) is 46.2 Å². The molecule has 21 heavy (non-hydrogen) atoms. The Morgan fingerprint density at radius 3 is 2.00 bits per heavy atom. The van der Waals surface area contributed by atoms with E-state index in [2.05, 4.69) is 4.72 Å². The number of hydrogen-bond donors (Lipinski definition) is 1. The minimum Gasteiger partial charge on any atom is -0.211 e. The van der Waals surface area contributed by atoms with Crippen molar-refractivity contribution in [3.05, 3.63) is 30.3 Å². The highest BCUT2D eigenvalue weighted by Crippen LogP contribution is 2.59. The third kappa shape index (κ3) is 2.53. The van der Waals surface area contributed by atoms with E-state index in [4.69, 9.17) is 0 Å². The van der Waals surface area contributed by atoms with E-state index in [1.54, 1.807) is 24.3 Å². The zero-order chi connectivity index (χ0) is 14.5. The first-order valence-corrected chi connectivity index (χ1v) is 9.58. The van der Waals surface area contributed by atoms with Crippen LogP contribution in [0.5, 0.6) is 0 Å². The summed E-state index contributed by atoms with van der Waals surface area (Å²) >= 11 is 0. The largest absolute Gasteiger partial charge is 0.240 e. The molecule has 4 bridgehead atoms. The molecule has 5 rings (SSSR count). The second-order valence-electron chi connectivity index (χ2n) is 7.56. The zero-order valence-corrected chi connectivity index (χ0v) is 13.1. The van der Waals surface area contributed by atoms with Crippen LogP contribution >= 0.6 is 0 Å². The molecule has 3 nitrogen and oxygen atoms in total. The Hall–Kier alpha value is -0.870. The van der Waals surface area contributed by atoms with Crippen molar-refractivity contribution in [3.63, 3.8) is 0 Å². The highest BCUT2D eigenvalue weighted by Gasteiger charge is 2.50. The molecule has 0 amide bonds. The summed E-state index contributed by atoms with van der Waals surface area (Å²) in [5, 5.41) is 0.